The molecule has 1 heterocycles. The summed E-state index contributed by atoms with van der Waals surface area (Å²) in [5, 5.41) is 1.64. The van der Waals surface area contributed by atoms with E-state index in [1.54, 1.807) is 5.23 Å². The van der Waals surface area contributed by atoms with Gasteiger partial charge in [0.05, 0.1) is 11.4 Å². The Hall–Kier alpha value is -3.39. The molecule has 130 valence electrons. The fourth-order valence-corrected chi connectivity index (χ4v) is 2.17. The summed E-state index contributed by atoms with van der Waals surface area (Å²) in [5.74, 6) is 1.55. The van der Waals surface area contributed by atoms with E-state index in [0.717, 1.165) is 17.2 Å². The van der Waals surface area contributed by atoms with Crippen molar-refractivity contribution in [1.82, 2.24) is 21.0 Å². The van der Waals surface area contributed by atoms with Crippen molar-refractivity contribution >= 4 is 28.6 Å². The summed E-state index contributed by atoms with van der Waals surface area (Å²) in [4.78, 5) is 6.56. The average Bonchev–Trinajstić information content (AvgIpc) is 2.59. The minimum atomic E-state index is 0.676. The molecule has 1 aliphatic rings. The topological polar surface area (TPSA) is 107 Å². The molecule has 2 aromatic carbocycles. The third-order valence-corrected chi connectivity index (χ3v) is 3.50. The number of rotatable bonds is 4. The molecule has 0 aliphatic carbocycles. The van der Waals surface area contributed by atoms with Crippen molar-refractivity contribution in [3.8, 4) is 0 Å². The smallest absolute Gasteiger partial charge is 0.147 e. The highest BCUT2D eigenvalue weighted by Gasteiger charge is 2.16. The minimum absolute atomic E-state index is 0.676. The Kier molecular flexibility index (Phi) is 4.62. The van der Waals surface area contributed by atoms with Crippen LogP contribution in [0.1, 0.15) is 0 Å². The number of hydrazine groups is 3. The number of nitrogen functional groups attached to an aromatic ring is 2. The van der Waals surface area contributed by atoms with E-state index in [9.17, 15) is 0 Å². The first kappa shape index (κ1) is 16.5. The monoisotopic (exact) mass is 338 g/mol. The zero-order chi connectivity index (χ0) is 17.8. The highest BCUT2D eigenvalue weighted by Crippen LogP contribution is 2.16. The first-order chi connectivity index (χ1) is 12.0. The van der Waals surface area contributed by atoms with Gasteiger partial charge in [-0.25, -0.2) is 4.99 Å². The largest absolute Gasteiger partial charge is 0.399 e. The lowest BCUT2D eigenvalue weighted by molar-refractivity contribution is 0.185. The molecule has 25 heavy (non-hydrogen) atoms. The maximum Gasteiger partial charge on any atom is 0.147 e. The molecule has 8 heteroatoms. The van der Waals surface area contributed by atoms with Gasteiger partial charge in [0.2, 0.25) is 0 Å². The van der Waals surface area contributed by atoms with Crippen LogP contribution in [0.25, 0.3) is 0 Å². The van der Waals surface area contributed by atoms with Gasteiger partial charge in [-0.3, -0.25) is 16.3 Å². The first-order valence-electron chi connectivity index (χ1n) is 7.78. The van der Waals surface area contributed by atoms with Crippen LogP contribution in [0.3, 0.4) is 0 Å². The highest BCUT2D eigenvalue weighted by molar-refractivity contribution is 5.95. The predicted molar refractivity (Wildman–Crippen MR) is 102 cm³/mol. The van der Waals surface area contributed by atoms with Crippen molar-refractivity contribution in [2.75, 3.05) is 31.0 Å². The van der Waals surface area contributed by atoms with Crippen molar-refractivity contribution in [3.63, 3.8) is 0 Å². The number of nitrogens with two attached hydrogens (primary N) is 2. The van der Waals surface area contributed by atoms with Crippen LogP contribution in [0.2, 0.25) is 0 Å². The average molecular weight is 338 g/mol. The van der Waals surface area contributed by atoms with E-state index in [2.05, 4.69) is 21.3 Å². The van der Waals surface area contributed by atoms with Crippen LogP contribution in [0.4, 0.5) is 22.7 Å². The van der Waals surface area contributed by atoms with Crippen LogP contribution in [-0.4, -0.2) is 30.1 Å². The molecule has 0 aromatic heterocycles. The normalized spacial score (nSPS) is 15.9. The van der Waals surface area contributed by atoms with Gasteiger partial charge in [-0.1, -0.05) is 0 Å². The van der Waals surface area contributed by atoms with Gasteiger partial charge < -0.3 is 16.4 Å². The number of benzene rings is 2. The Morgan fingerprint density at radius 1 is 0.920 bits per heavy atom. The number of amidine groups is 1. The van der Waals surface area contributed by atoms with E-state index in [0.29, 0.717) is 17.2 Å². The lowest BCUT2D eigenvalue weighted by Gasteiger charge is -2.33. The van der Waals surface area contributed by atoms with Crippen LogP contribution in [-0.2, 0) is 0 Å². The van der Waals surface area contributed by atoms with Crippen LogP contribution >= 0.6 is 0 Å². The molecule has 8 nitrogen and oxygen atoms in total. The summed E-state index contributed by atoms with van der Waals surface area (Å²) in [6, 6.07) is 14.8. The van der Waals surface area contributed by atoms with E-state index < -0.39 is 0 Å². The second-order valence-corrected chi connectivity index (χ2v) is 5.81. The zero-order valence-electron chi connectivity index (χ0n) is 14.2. The fraction of sp³-hybridized carbons (Fsp3) is 0.118. The maximum atomic E-state index is 5.72. The Labute approximate surface area is 146 Å². The van der Waals surface area contributed by atoms with E-state index >= 15 is 0 Å². The molecule has 0 saturated carbocycles. The highest BCUT2D eigenvalue weighted by atomic mass is 15.9. The second kappa shape index (κ2) is 7.02. The summed E-state index contributed by atoms with van der Waals surface area (Å²) < 4.78 is 0. The molecule has 3 rings (SSSR count). The van der Waals surface area contributed by atoms with Gasteiger partial charge in [-0.2, -0.15) is 0 Å². The number of nitrogens with zero attached hydrogens (tertiary/aromatic N) is 3. The summed E-state index contributed by atoms with van der Waals surface area (Å²) in [7, 11) is 3.90. The maximum absolute atomic E-state index is 5.72. The standard InChI is InChI=1S/C17H22N8/c1-24(2)17-11-16(20-14-7-3-12(18)4-8-14)22-25(23-17)21-15-9-5-13(19)6-10-15/h3-11,21,23H,18-19H2,1-2H3,(H,20,22). The fourth-order valence-electron chi connectivity index (χ4n) is 2.17. The predicted octanol–water partition coefficient (Wildman–Crippen LogP) is 1.64. The Morgan fingerprint density at radius 3 is 2.12 bits per heavy atom. The molecular weight excluding hydrogens is 316 g/mol. The van der Waals surface area contributed by atoms with E-state index in [1.165, 1.54) is 0 Å². The number of hydrogen-bond donors (Lipinski definition) is 5. The Morgan fingerprint density at radius 2 is 1.52 bits per heavy atom. The molecule has 1 aliphatic heterocycles. The lowest BCUT2D eigenvalue weighted by atomic mass is 10.3. The van der Waals surface area contributed by atoms with Crippen LogP contribution < -0.4 is 27.7 Å². The van der Waals surface area contributed by atoms with Gasteiger partial charge in [0.25, 0.3) is 0 Å². The molecule has 0 fully saturated rings. The number of aliphatic imine (C=N–C) groups is 1. The Balaban J connectivity index is 1.81. The van der Waals surface area contributed by atoms with E-state index in [-0.39, 0.29) is 0 Å². The van der Waals surface area contributed by atoms with Crippen molar-refractivity contribution in [2.45, 2.75) is 0 Å². The van der Waals surface area contributed by atoms with Gasteiger partial charge in [-0.05, 0) is 53.8 Å². The molecule has 2 aromatic rings. The Bertz CT molecular complexity index is 777. The number of hydrogen-bond acceptors (Lipinski definition) is 7. The van der Waals surface area contributed by atoms with Gasteiger partial charge >= 0.3 is 0 Å². The van der Waals surface area contributed by atoms with Crippen molar-refractivity contribution in [3.05, 3.63) is 60.4 Å². The van der Waals surface area contributed by atoms with E-state index in [4.69, 9.17) is 11.5 Å². The molecule has 0 bridgehead atoms. The third kappa shape index (κ3) is 4.33. The molecule has 0 unspecified atom stereocenters. The summed E-state index contributed by atoms with van der Waals surface area (Å²) in [5.41, 5.74) is 24.1. The van der Waals surface area contributed by atoms with Crippen LogP contribution in [0.15, 0.2) is 65.4 Å². The van der Waals surface area contributed by atoms with Crippen molar-refractivity contribution < 1.29 is 0 Å². The molecule has 7 N–H and O–H groups in total. The van der Waals surface area contributed by atoms with Gasteiger partial charge in [0.1, 0.15) is 11.7 Å². The zero-order valence-corrected chi connectivity index (χ0v) is 14.2. The quantitative estimate of drug-likeness (QED) is 0.539. The first-order valence-corrected chi connectivity index (χ1v) is 7.78. The minimum Gasteiger partial charge on any atom is -0.399 e. The summed E-state index contributed by atoms with van der Waals surface area (Å²) in [6.07, 6.45) is 1.91. The molecule has 0 amide bonds. The third-order valence-electron chi connectivity index (χ3n) is 3.50. The van der Waals surface area contributed by atoms with E-state index in [1.807, 2.05) is 73.6 Å². The molecule has 0 radical (unpaired) electrons. The molecule has 0 spiro atoms. The van der Waals surface area contributed by atoms with Crippen molar-refractivity contribution in [2.24, 2.45) is 4.99 Å². The summed E-state index contributed by atoms with van der Waals surface area (Å²) in [6.45, 7) is 0. The molecular formula is C17H22N8. The van der Waals surface area contributed by atoms with Crippen molar-refractivity contribution in [1.29, 1.82) is 0 Å². The van der Waals surface area contributed by atoms with Gasteiger partial charge in [0.15, 0.2) is 0 Å². The molecule has 0 saturated heterocycles. The molecule has 0 atom stereocenters. The number of anilines is 3. The van der Waals surface area contributed by atoms with Gasteiger partial charge in [-0.15, -0.1) is 0 Å². The van der Waals surface area contributed by atoms with Crippen LogP contribution in [0.5, 0.6) is 0 Å². The lowest BCUT2D eigenvalue weighted by Crippen LogP contribution is -2.58. The summed E-state index contributed by atoms with van der Waals surface area (Å²) >= 11 is 0. The second-order valence-electron chi connectivity index (χ2n) is 5.81. The van der Waals surface area contributed by atoms with Gasteiger partial charge in [0, 0.05) is 31.5 Å². The number of nitrogens with one attached hydrogen (secondary N) is 3. The SMILES string of the molecule is CN(C)C1=CC(=Nc2ccc(N)cc2)NN(Nc2ccc(N)cc2)N1. The van der Waals surface area contributed by atoms with Crippen LogP contribution in [0, 0.1) is 0 Å².